The van der Waals surface area contributed by atoms with Gasteiger partial charge < -0.3 is 9.84 Å². The van der Waals surface area contributed by atoms with Crippen LogP contribution in [0.3, 0.4) is 0 Å². The van der Waals surface area contributed by atoms with Gasteiger partial charge in [-0.05, 0) is 37.6 Å². The number of hydrogen-bond acceptors (Lipinski definition) is 3. The summed E-state index contributed by atoms with van der Waals surface area (Å²) < 4.78 is 5.38. The summed E-state index contributed by atoms with van der Waals surface area (Å²) in [6.07, 6.45) is 1.49. The van der Waals surface area contributed by atoms with Crippen LogP contribution in [0.5, 0.6) is 5.75 Å². The molecule has 0 saturated carbocycles. The van der Waals surface area contributed by atoms with Crippen LogP contribution in [-0.2, 0) is 6.42 Å². The highest BCUT2D eigenvalue weighted by atomic mass is 16.5. The van der Waals surface area contributed by atoms with E-state index in [1.807, 2.05) is 32.0 Å². The van der Waals surface area contributed by atoms with Crippen molar-refractivity contribution < 1.29 is 14.6 Å². The molecule has 2 rings (SSSR count). The average molecular weight is 285 g/mol. The van der Waals surface area contributed by atoms with E-state index in [0.29, 0.717) is 12.1 Å². The van der Waals surface area contributed by atoms with Crippen molar-refractivity contribution in [3.63, 3.8) is 0 Å². The van der Waals surface area contributed by atoms with Crippen LogP contribution in [0.25, 0.3) is 11.3 Å². The number of hydrogen-bond donors (Lipinski definition) is 1. The quantitative estimate of drug-likeness (QED) is 0.909. The van der Waals surface area contributed by atoms with E-state index in [4.69, 9.17) is 4.74 Å². The molecule has 0 bridgehead atoms. The number of aromatic carboxylic acids is 1. The average Bonchev–Trinajstić information content (AvgIpc) is 2.47. The lowest BCUT2D eigenvalue weighted by molar-refractivity contribution is 0.0695. The van der Waals surface area contributed by atoms with Crippen LogP contribution in [0, 0.1) is 6.92 Å². The molecular weight excluding hydrogens is 266 g/mol. The lowest BCUT2D eigenvalue weighted by atomic mass is 10.0. The minimum absolute atomic E-state index is 0.271. The van der Waals surface area contributed by atoms with Gasteiger partial charge >= 0.3 is 5.97 Å². The van der Waals surface area contributed by atoms with Crippen molar-refractivity contribution in [1.82, 2.24) is 4.98 Å². The van der Waals surface area contributed by atoms with Crippen LogP contribution in [-0.4, -0.2) is 23.2 Å². The first-order chi connectivity index (χ1) is 10.1. The van der Waals surface area contributed by atoms with Gasteiger partial charge in [0.05, 0.1) is 24.1 Å². The van der Waals surface area contributed by atoms with Gasteiger partial charge in [0.1, 0.15) is 5.75 Å². The number of nitrogens with zero attached hydrogens (tertiary/aromatic N) is 1. The fourth-order valence-electron chi connectivity index (χ4n) is 2.30. The Morgan fingerprint density at radius 3 is 2.67 bits per heavy atom. The highest BCUT2D eigenvalue weighted by molar-refractivity contribution is 5.89. The van der Waals surface area contributed by atoms with Crippen LogP contribution >= 0.6 is 0 Å². The number of carbonyl (C=O) groups is 1. The van der Waals surface area contributed by atoms with E-state index in [1.165, 1.54) is 0 Å². The van der Waals surface area contributed by atoms with Gasteiger partial charge in [0.15, 0.2) is 0 Å². The first-order valence-corrected chi connectivity index (χ1v) is 6.95. The van der Waals surface area contributed by atoms with Crippen LogP contribution in [0.1, 0.15) is 35.0 Å². The first-order valence-electron chi connectivity index (χ1n) is 6.95. The van der Waals surface area contributed by atoms with Gasteiger partial charge in [-0.15, -0.1) is 0 Å². The molecule has 110 valence electrons. The van der Waals surface area contributed by atoms with Crippen LogP contribution in [0.2, 0.25) is 0 Å². The molecule has 0 amide bonds. The Morgan fingerprint density at radius 2 is 2.05 bits per heavy atom. The number of carboxylic acid groups (broad SMARTS) is 1. The maximum atomic E-state index is 11.3. The zero-order valence-corrected chi connectivity index (χ0v) is 12.5. The van der Waals surface area contributed by atoms with Crippen molar-refractivity contribution in [2.75, 3.05) is 7.11 Å². The molecule has 21 heavy (non-hydrogen) atoms. The summed E-state index contributed by atoms with van der Waals surface area (Å²) in [5, 5.41) is 9.23. The molecule has 2 aromatic rings. The Labute approximate surface area is 124 Å². The van der Waals surface area contributed by atoms with Gasteiger partial charge in [-0.2, -0.15) is 0 Å². The van der Waals surface area contributed by atoms with Gasteiger partial charge in [-0.25, -0.2) is 4.79 Å². The van der Waals surface area contributed by atoms with Crippen LogP contribution in [0.15, 0.2) is 30.3 Å². The Bertz CT molecular complexity index is 665. The summed E-state index contributed by atoms with van der Waals surface area (Å²) in [5.41, 5.74) is 3.61. The van der Waals surface area contributed by atoms with E-state index in [0.717, 1.165) is 29.0 Å². The lowest BCUT2D eigenvalue weighted by Gasteiger charge is -2.11. The summed E-state index contributed by atoms with van der Waals surface area (Å²) in [6.45, 7) is 4.01. The minimum Gasteiger partial charge on any atom is -0.496 e. The fourth-order valence-corrected chi connectivity index (χ4v) is 2.30. The number of carboxylic acids is 1. The van der Waals surface area contributed by atoms with Gasteiger partial charge in [0.25, 0.3) is 0 Å². The van der Waals surface area contributed by atoms with Crippen molar-refractivity contribution in [2.45, 2.75) is 26.7 Å². The normalized spacial score (nSPS) is 10.4. The molecule has 0 aliphatic heterocycles. The molecular formula is C17H19NO3. The highest BCUT2D eigenvalue weighted by Crippen LogP contribution is 2.30. The van der Waals surface area contributed by atoms with Crippen molar-refractivity contribution in [1.29, 1.82) is 0 Å². The zero-order chi connectivity index (χ0) is 15.4. The minimum atomic E-state index is -0.936. The summed E-state index contributed by atoms with van der Waals surface area (Å²) in [4.78, 5) is 15.8. The second-order valence-electron chi connectivity index (χ2n) is 4.95. The molecule has 0 aliphatic rings. The standard InChI is InChI=1S/C17H19NO3/c1-4-5-14-12(17(19)20)7-8-15(18-14)13-10-11(2)6-9-16(13)21-3/h6-10H,4-5H2,1-3H3,(H,19,20). The number of rotatable bonds is 5. The molecule has 0 saturated heterocycles. The maximum Gasteiger partial charge on any atom is 0.337 e. The highest BCUT2D eigenvalue weighted by Gasteiger charge is 2.14. The van der Waals surface area contributed by atoms with E-state index in [-0.39, 0.29) is 5.56 Å². The first kappa shape index (κ1) is 15.0. The molecule has 1 N–H and O–H groups in total. The molecule has 0 atom stereocenters. The number of pyridine rings is 1. The van der Waals surface area contributed by atoms with Crippen molar-refractivity contribution >= 4 is 5.97 Å². The number of aromatic nitrogens is 1. The number of aryl methyl sites for hydroxylation is 2. The zero-order valence-electron chi connectivity index (χ0n) is 12.5. The SMILES string of the molecule is CCCc1nc(-c2cc(C)ccc2OC)ccc1C(=O)O. The molecule has 0 radical (unpaired) electrons. The maximum absolute atomic E-state index is 11.3. The monoisotopic (exact) mass is 285 g/mol. The second kappa shape index (κ2) is 6.39. The molecule has 0 spiro atoms. The van der Waals surface area contributed by atoms with Crippen molar-refractivity contribution in [3.8, 4) is 17.0 Å². The third kappa shape index (κ3) is 3.21. The second-order valence-corrected chi connectivity index (χ2v) is 4.95. The number of methoxy groups -OCH3 is 1. The Morgan fingerprint density at radius 1 is 1.29 bits per heavy atom. The van der Waals surface area contributed by atoms with E-state index < -0.39 is 5.97 Å². The van der Waals surface area contributed by atoms with Gasteiger partial charge in [-0.3, -0.25) is 4.98 Å². The number of benzene rings is 1. The molecule has 0 unspecified atom stereocenters. The predicted octanol–water partition coefficient (Wildman–Crippen LogP) is 3.72. The van der Waals surface area contributed by atoms with Gasteiger partial charge in [0, 0.05) is 5.56 Å². The Balaban J connectivity index is 2.57. The lowest BCUT2D eigenvalue weighted by Crippen LogP contribution is -2.06. The smallest absolute Gasteiger partial charge is 0.337 e. The van der Waals surface area contributed by atoms with E-state index >= 15 is 0 Å². The topological polar surface area (TPSA) is 59.4 Å². The molecule has 1 aromatic carbocycles. The third-order valence-corrected chi connectivity index (χ3v) is 3.32. The van der Waals surface area contributed by atoms with Gasteiger partial charge in [-0.1, -0.05) is 25.0 Å². The van der Waals surface area contributed by atoms with Crippen molar-refractivity contribution in [3.05, 3.63) is 47.2 Å². The van der Waals surface area contributed by atoms with Crippen LogP contribution < -0.4 is 4.74 Å². The van der Waals surface area contributed by atoms with Crippen LogP contribution in [0.4, 0.5) is 0 Å². The number of ether oxygens (including phenoxy) is 1. The third-order valence-electron chi connectivity index (χ3n) is 3.32. The molecule has 1 heterocycles. The Kier molecular flexibility index (Phi) is 4.58. The fraction of sp³-hybridized carbons (Fsp3) is 0.294. The van der Waals surface area contributed by atoms with E-state index in [2.05, 4.69) is 4.98 Å². The van der Waals surface area contributed by atoms with Gasteiger partial charge in [0.2, 0.25) is 0 Å². The molecule has 4 nitrogen and oxygen atoms in total. The molecule has 4 heteroatoms. The molecule has 1 aromatic heterocycles. The largest absolute Gasteiger partial charge is 0.496 e. The molecule has 0 aliphatic carbocycles. The molecule has 0 fully saturated rings. The summed E-state index contributed by atoms with van der Waals surface area (Å²) in [5.74, 6) is -0.202. The summed E-state index contributed by atoms with van der Waals surface area (Å²) in [6, 6.07) is 9.23. The van der Waals surface area contributed by atoms with E-state index in [1.54, 1.807) is 19.2 Å². The van der Waals surface area contributed by atoms with E-state index in [9.17, 15) is 9.90 Å². The summed E-state index contributed by atoms with van der Waals surface area (Å²) >= 11 is 0. The van der Waals surface area contributed by atoms with Crippen molar-refractivity contribution in [2.24, 2.45) is 0 Å². The summed E-state index contributed by atoms with van der Waals surface area (Å²) in [7, 11) is 1.62. The predicted molar refractivity (Wildman–Crippen MR) is 81.9 cm³/mol. The Hall–Kier alpha value is -2.36.